The SMILES string of the molecule is NCC(N)C[C@H](N)C(=O)N[C@H](CCc1ccccc1)C(=O)Cc1cnc2ccccc2c1. The molecule has 0 saturated carbocycles. The zero-order valence-electron chi connectivity index (χ0n) is 18.1. The number of Topliss-reactive ketones (excluding diaryl/α,β-unsaturated/α-hetero) is 1. The van der Waals surface area contributed by atoms with E-state index in [1.165, 1.54) is 0 Å². The number of rotatable bonds is 11. The highest BCUT2D eigenvalue weighted by Gasteiger charge is 2.24. The van der Waals surface area contributed by atoms with Gasteiger partial charge in [0.05, 0.1) is 17.6 Å². The minimum absolute atomic E-state index is 0.0818. The van der Waals surface area contributed by atoms with Crippen molar-refractivity contribution in [1.82, 2.24) is 10.3 Å². The number of aryl methyl sites for hydroxylation is 1. The summed E-state index contributed by atoms with van der Waals surface area (Å²) in [5.41, 5.74) is 20.1. The fourth-order valence-corrected chi connectivity index (χ4v) is 3.62. The third kappa shape index (κ3) is 6.68. The lowest BCUT2D eigenvalue weighted by Gasteiger charge is -2.21. The molecule has 7 nitrogen and oxygen atoms in total. The standard InChI is InChI=1S/C25H31N5O2/c26-15-20(27)14-21(28)25(32)30-23(11-10-17-6-2-1-3-7-17)24(31)13-18-12-19-8-4-5-9-22(19)29-16-18/h1-9,12,16,20-21,23H,10-11,13-15,26-28H2,(H,30,32)/t20?,21-,23+/m0/s1. The number of carbonyl (C=O) groups is 2. The molecule has 1 heterocycles. The summed E-state index contributed by atoms with van der Waals surface area (Å²) in [6.45, 7) is 0.242. The molecule has 0 aliphatic heterocycles. The molecular weight excluding hydrogens is 402 g/mol. The quantitative estimate of drug-likeness (QED) is 0.361. The monoisotopic (exact) mass is 433 g/mol. The minimum atomic E-state index is -0.817. The van der Waals surface area contributed by atoms with Crippen molar-refractivity contribution in [3.8, 4) is 0 Å². The molecule has 1 unspecified atom stereocenters. The Bertz CT molecular complexity index is 1040. The predicted octanol–water partition coefficient (Wildman–Crippen LogP) is 1.47. The highest BCUT2D eigenvalue weighted by atomic mass is 16.2. The summed E-state index contributed by atoms with van der Waals surface area (Å²) in [6, 6.07) is 17.7. The van der Waals surface area contributed by atoms with Gasteiger partial charge in [0.1, 0.15) is 0 Å². The van der Waals surface area contributed by atoms with Crippen molar-refractivity contribution >= 4 is 22.6 Å². The van der Waals surface area contributed by atoms with Crippen molar-refractivity contribution in [2.75, 3.05) is 6.54 Å². The zero-order chi connectivity index (χ0) is 22.9. The number of benzene rings is 2. The van der Waals surface area contributed by atoms with Gasteiger partial charge in [-0.2, -0.15) is 0 Å². The van der Waals surface area contributed by atoms with Crippen LogP contribution in [0.25, 0.3) is 10.9 Å². The lowest BCUT2D eigenvalue weighted by Crippen LogP contribution is -2.51. The van der Waals surface area contributed by atoms with Crippen LogP contribution in [0.5, 0.6) is 0 Å². The van der Waals surface area contributed by atoms with Crippen molar-refractivity contribution < 1.29 is 9.59 Å². The van der Waals surface area contributed by atoms with E-state index in [4.69, 9.17) is 17.2 Å². The van der Waals surface area contributed by atoms with E-state index in [0.717, 1.165) is 22.0 Å². The van der Waals surface area contributed by atoms with E-state index < -0.39 is 18.0 Å². The number of fused-ring (bicyclic) bond motifs is 1. The molecule has 2 aromatic carbocycles. The summed E-state index contributed by atoms with van der Waals surface area (Å²) in [6.07, 6.45) is 3.28. The molecule has 0 spiro atoms. The molecule has 32 heavy (non-hydrogen) atoms. The van der Waals surface area contributed by atoms with Gasteiger partial charge in [-0.15, -0.1) is 0 Å². The number of aromatic nitrogens is 1. The summed E-state index contributed by atoms with van der Waals surface area (Å²) in [5, 5.41) is 3.82. The number of carbonyl (C=O) groups excluding carboxylic acids is 2. The molecule has 1 aromatic heterocycles. The number of nitrogens with two attached hydrogens (primary N) is 3. The Hall–Kier alpha value is -3.13. The molecule has 0 aliphatic carbocycles. The van der Waals surface area contributed by atoms with Gasteiger partial charge < -0.3 is 22.5 Å². The summed E-state index contributed by atoms with van der Waals surface area (Å²) in [4.78, 5) is 30.3. The van der Waals surface area contributed by atoms with Crippen LogP contribution in [-0.2, 0) is 22.4 Å². The highest BCUT2D eigenvalue weighted by molar-refractivity contribution is 5.92. The van der Waals surface area contributed by atoms with Gasteiger partial charge in [0, 0.05) is 30.6 Å². The van der Waals surface area contributed by atoms with E-state index in [-0.39, 0.29) is 31.2 Å². The Balaban J connectivity index is 1.71. The van der Waals surface area contributed by atoms with Crippen LogP contribution in [0, 0.1) is 0 Å². The van der Waals surface area contributed by atoms with Crippen molar-refractivity contribution in [1.29, 1.82) is 0 Å². The molecule has 7 N–H and O–H groups in total. The van der Waals surface area contributed by atoms with E-state index in [2.05, 4.69) is 10.3 Å². The van der Waals surface area contributed by atoms with Crippen molar-refractivity contribution in [2.45, 2.75) is 43.8 Å². The molecule has 3 atom stereocenters. The van der Waals surface area contributed by atoms with Crippen LogP contribution >= 0.6 is 0 Å². The number of pyridine rings is 1. The van der Waals surface area contributed by atoms with Crippen molar-refractivity contribution in [2.24, 2.45) is 17.2 Å². The first-order valence-electron chi connectivity index (χ1n) is 10.9. The predicted molar refractivity (Wildman–Crippen MR) is 127 cm³/mol. The Morgan fingerprint density at radius 2 is 1.69 bits per heavy atom. The molecule has 3 rings (SSSR count). The number of amides is 1. The van der Waals surface area contributed by atoms with Gasteiger partial charge in [0.15, 0.2) is 5.78 Å². The fourth-order valence-electron chi connectivity index (χ4n) is 3.62. The maximum absolute atomic E-state index is 13.2. The van der Waals surface area contributed by atoms with Gasteiger partial charge in [-0.05, 0) is 42.5 Å². The largest absolute Gasteiger partial charge is 0.345 e. The first-order valence-corrected chi connectivity index (χ1v) is 10.9. The molecule has 0 fully saturated rings. The third-order valence-corrected chi connectivity index (χ3v) is 5.49. The van der Waals surface area contributed by atoms with Gasteiger partial charge in [-0.25, -0.2) is 0 Å². The lowest BCUT2D eigenvalue weighted by molar-refractivity contribution is -0.128. The van der Waals surface area contributed by atoms with Crippen molar-refractivity contribution in [3.63, 3.8) is 0 Å². The Kier molecular flexibility index (Phi) is 8.44. The van der Waals surface area contributed by atoms with Crippen LogP contribution < -0.4 is 22.5 Å². The Morgan fingerprint density at radius 3 is 2.44 bits per heavy atom. The smallest absolute Gasteiger partial charge is 0.237 e. The second kappa shape index (κ2) is 11.5. The van der Waals surface area contributed by atoms with Crippen LogP contribution in [0.4, 0.5) is 0 Å². The number of nitrogens with zero attached hydrogens (tertiary/aromatic N) is 1. The van der Waals surface area contributed by atoms with E-state index in [1.807, 2.05) is 60.7 Å². The molecule has 0 radical (unpaired) electrons. The van der Waals surface area contributed by atoms with Crippen molar-refractivity contribution in [3.05, 3.63) is 78.0 Å². The number of hydrogen-bond donors (Lipinski definition) is 4. The van der Waals surface area contributed by atoms with Gasteiger partial charge in [-0.1, -0.05) is 48.5 Å². The van der Waals surface area contributed by atoms with Crippen LogP contribution in [0.3, 0.4) is 0 Å². The number of ketones is 1. The van der Waals surface area contributed by atoms with Crippen LogP contribution in [0.1, 0.15) is 24.0 Å². The Labute approximate surface area is 188 Å². The second-order valence-corrected chi connectivity index (χ2v) is 8.10. The van der Waals surface area contributed by atoms with Gasteiger partial charge >= 0.3 is 0 Å². The van der Waals surface area contributed by atoms with Gasteiger partial charge in [-0.3, -0.25) is 14.6 Å². The minimum Gasteiger partial charge on any atom is -0.345 e. The number of nitrogens with one attached hydrogen (secondary N) is 1. The topological polar surface area (TPSA) is 137 Å². The fraction of sp³-hybridized carbons (Fsp3) is 0.320. The summed E-state index contributed by atoms with van der Waals surface area (Å²) in [7, 11) is 0. The number of hydrogen-bond acceptors (Lipinski definition) is 6. The molecule has 0 saturated heterocycles. The number of para-hydroxylation sites is 1. The molecule has 0 aliphatic rings. The van der Waals surface area contributed by atoms with Crippen LogP contribution in [0.2, 0.25) is 0 Å². The van der Waals surface area contributed by atoms with Gasteiger partial charge in [0.2, 0.25) is 5.91 Å². The summed E-state index contributed by atoms with van der Waals surface area (Å²) < 4.78 is 0. The summed E-state index contributed by atoms with van der Waals surface area (Å²) in [5.74, 6) is -0.473. The zero-order valence-corrected chi connectivity index (χ0v) is 18.1. The molecule has 1 amide bonds. The maximum Gasteiger partial charge on any atom is 0.237 e. The molecule has 7 heteroatoms. The second-order valence-electron chi connectivity index (χ2n) is 8.10. The molecular formula is C25H31N5O2. The average Bonchev–Trinajstić information content (AvgIpc) is 2.81. The van der Waals surface area contributed by atoms with E-state index in [9.17, 15) is 9.59 Å². The third-order valence-electron chi connectivity index (χ3n) is 5.49. The molecule has 3 aromatic rings. The van der Waals surface area contributed by atoms with E-state index in [1.54, 1.807) is 6.20 Å². The van der Waals surface area contributed by atoms with Crippen LogP contribution in [0.15, 0.2) is 66.9 Å². The average molecular weight is 434 g/mol. The van der Waals surface area contributed by atoms with Crippen LogP contribution in [-0.4, -0.2) is 41.3 Å². The summed E-state index contributed by atoms with van der Waals surface area (Å²) >= 11 is 0. The van der Waals surface area contributed by atoms with Gasteiger partial charge in [0.25, 0.3) is 0 Å². The normalized spacial score (nSPS) is 14.0. The van der Waals surface area contributed by atoms with E-state index >= 15 is 0 Å². The maximum atomic E-state index is 13.2. The van der Waals surface area contributed by atoms with E-state index in [0.29, 0.717) is 12.8 Å². The molecule has 0 bridgehead atoms. The molecule has 168 valence electrons. The highest BCUT2D eigenvalue weighted by Crippen LogP contribution is 2.15. The lowest BCUT2D eigenvalue weighted by atomic mass is 9.97. The Morgan fingerprint density at radius 1 is 0.969 bits per heavy atom. The first-order chi connectivity index (χ1) is 15.5. The first kappa shape index (κ1) is 23.5.